The van der Waals surface area contributed by atoms with Gasteiger partial charge in [-0.25, -0.2) is 0 Å². The van der Waals surface area contributed by atoms with E-state index in [1.54, 1.807) is 12.1 Å². The molecule has 0 saturated heterocycles. The molecule has 1 nitrogen and oxygen atoms in total. The number of benzene rings is 1. The molecule has 0 atom stereocenters. The maximum Gasteiger partial charge on any atom is 0.123 e. The predicted octanol–water partition coefficient (Wildman–Crippen LogP) is 4.48. The highest BCUT2D eigenvalue weighted by atomic mass is 35.5. The molecule has 0 aromatic heterocycles. The molecule has 0 amide bonds. The first kappa shape index (κ1) is 11.7. The van der Waals surface area contributed by atoms with Crippen molar-refractivity contribution in [3.05, 3.63) is 27.7 Å². The minimum absolute atomic E-state index is 0.234. The SMILES string of the molecule is Cc1c(Cl)cc(OC(C)(C)C)cc1Cl. The van der Waals surface area contributed by atoms with E-state index in [0.29, 0.717) is 15.8 Å². The lowest BCUT2D eigenvalue weighted by Crippen LogP contribution is -2.22. The minimum Gasteiger partial charge on any atom is -0.488 e. The van der Waals surface area contributed by atoms with Crippen LogP contribution in [0.15, 0.2) is 12.1 Å². The molecule has 78 valence electrons. The third-order valence-electron chi connectivity index (χ3n) is 1.68. The highest BCUT2D eigenvalue weighted by Crippen LogP contribution is 2.30. The van der Waals surface area contributed by atoms with Gasteiger partial charge < -0.3 is 4.74 Å². The molecule has 1 aromatic rings. The molecular weight excluding hydrogens is 219 g/mol. The van der Waals surface area contributed by atoms with Crippen molar-refractivity contribution in [2.45, 2.75) is 33.3 Å². The summed E-state index contributed by atoms with van der Waals surface area (Å²) in [5.74, 6) is 0.707. The Morgan fingerprint density at radius 3 is 1.86 bits per heavy atom. The van der Waals surface area contributed by atoms with Gasteiger partial charge in [-0.2, -0.15) is 0 Å². The maximum absolute atomic E-state index is 5.98. The molecule has 1 rings (SSSR count). The van der Waals surface area contributed by atoms with Crippen molar-refractivity contribution in [3.8, 4) is 5.75 Å². The molecule has 0 heterocycles. The van der Waals surface area contributed by atoms with Crippen LogP contribution in [0.5, 0.6) is 5.75 Å². The van der Waals surface area contributed by atoms with Gasteiger partial charge in [0, 0.05) is 10.0 Å². The molecule has 0 bridgehead atoms. The lowest BCUT2D eigenvalue weighted by Gasteiger charge is -2.21. The highest BCUT2D eigenvalue weighted by molar-refractivity contribution is 6.36. The monoisotopic (exact) mass is 232 g/mol. The Morgan fingerprint density at radius 1 is 1.07 bits per heavy atom. The summed E-state index contributed by atoms with van der Waals surface area (Å²) in [6, 6.07) is 3.57. The first-order valence-electron chi connectivity index (χ1n) is 4.44. The minimum atomic E-state index is -0.234. The molecule has 0 radical (unpaired) electrons. The molecule has 0 aliphatic carbocycles. The molecule has 0 saturated carbocycles. The molecule has 1 aromatic carbocycles. The number of halogens is 2. The maximum atomic E-state index is 5.98. The second-order valence-electron chi connectivity index (χ2n) is 4.23. The Kier molecular flexibility index (Phi) is 3.33. The first-order valence-corrected chi connectivity index (χ1v) is 5.20. The van der Waals surface area contributed by atoms with Crippen LogP contribution in [0.2, 0.25) is 10.0 Å². The first-order chi connectivity index (χ1) is 6.29. The van der Waals surface area contributed by atoms with E-state index in [-0.39, 0.29) is 5.60 Å². The Hall–Kier alpha value is -0.400. The van der Waals surface area contributed by atoms with Gasteiger partial charge >= 0.3 is 0 Å². The summed E-state index contributed by atoms with van der Waals surface area (Å²) in [4.78, 5) is 0. The van der Waals surface area contributed by atoms with Gasteiger partial charge in [-0.05, 0) is 45.4 Å². The fraction of sp³-hybridized carbons (Fsp3) is 0.455. The van der Waals surface area contributed by atoms with Gasteiger partial charge in [0.15, 0.2) is 0 Å². The van der Waals surface area contributed by atoms with Gasteiger partial charge in [-0.15, -0.1) is 0 Å². The zero-order valence-corrected chi connectivity index (χ0v) is 10.3. The summed E-state index contributed by atoms with van der Waals surface area (Å²) in [5, 5.41) is 1.27. The van der Waals surface area contributed by atoms with E-state index in [1.807, 2.05) is 27.7 Å². The molecule has 0 fully saturated rings. The molecule has 3 heteroatoms. The highest BCUT2D eigenvalue weighted by Gasteiger charge is 2.13. The summed E-state index contributed by atoms with van der Waals surface area (Å²) in [6.45, 7) is 7.82. The van der Waals surface area contributed by atoms with Crippen LogP contribution in [-0.4, -0.2) is 5.60 Å². The van der Waals surface area contributed by atoms with Crippen LogP contribution in [-0.2, 0) is 0 Å². The van der Waals surface area contributed by atoms with Gasteiger partial charge in [0.25, 0.3) is 0 Å². The molecule has 0 N–H and O–H groups in total. The third kappa shape index (κ3) is 3.07. The molecular formula is C11H14Cl2O. The third-order valence-corrected chi connectivity index (χ3v) is 2.46. The van der Waals surface area contributed by atoms with Crippen molar-refractivity contribution < 1.29 is 4.74 Å². The molecule has 0 unspecified atom stereocenters. The van der Waals surface area contributed by atoms with Crippen LogP contribution in [0.25, 0.3) is 0 Å². The van der Waals surface area contributed by atoms with Crippen LogP contribution in [0.4, 0.5) is 0 Å². The van der Waals surface area contributed by atoms with Crippen LogP contribution in [0.1, 0.15) is 26.3 Å². The quantitative estimate of drug-likeness (QED) is 0.694. The van der Waals surface area contributed by atoms with E-state index >= 15 is 0 Å². The largest absolute Gasteiger partial charge is 0.488 e. The van der Waals surface area contributed by atoms with Crippen LogP contribution in [0.3, 0.4) is 0 Å². The van der Waals surface area contributed by atoms with Crippen molar-refractivity contribution in [1.29, 1.82) is 0 Å². The van der Waals surface area contributed by atoms with Crippen molar-refractivity contribution in [2.75, 3.05) is 0 Å². The molecule has 0 aliphatic heterocycles. The Morgan fingerprint density at radius 2 is 1.50 bits per heavy atom. The van der Waals surface area contributed by atoms with E-state index in [9.17, 15) is 0 Å². The Labute approximate surface area is 95.0 Å². The fourth-order valence-corrected chi connectivity index (χ4v) is 1.50. The summed E-state index contributed by atoms with van der Waals surface area (Å²) in [6.07, 6.45) is 0. The van der Waals surface area contributed by atoms with Crippen LogP contribution < -0.4 is 4.74 Å². The summed E-state index contributed by atoms with van der Waals surface area (Å²) >= 11 is 12.0. The second-order valence-corrected chi connectivity index (χ2v) is 5.04. The number of rotatable bonds is 1. The van der Waals surface area contributed by atoms with Gasteiger partial charge in [0.05, 0.1) is 0 Å². The van der Waals surface area contributed by atoms with Gasteiger partial charge in [0.2, 0.25) is 0 Å². The van der Waals surface area contributed by atoms with Gasteiger partial charge in [-0.1, -0.05) is 23.2 Å². The smallest absolute Gasteiger partial charge is 0.123 e. The number of hydrogen-bond acceptors (Lipinski definition) is 1. The standard InChI is InChI=1S/C11H14Cl2O/c1-7-9(12)5-8(6-10(7)13)14-11(2,3)4/h5-6H,1-4H3. The topological polar surface area (TPSA) is 9.23 Å². The normalized spacial score (nSPS) is 11.6. The van der Waals surface area contributed by atoms with Crippen LogP contribution in [0, 0.1) is 6.92 Å². The van der Waals surface area contributed by atoms with Crippen molar-refractivity contribution in [2.24, 2.45) is 0 Å². The van der Waals surface area contributed by atoms with E-state index < -0.39 is 0 Å². The van der Waals surface area contributed by atoms with Crippen molar-refractivity contribution >= 4 is 23.2 Å². The van der Waals surface area contributed by atoms with E-state index in [4.69, 9.17) is 27.9 Å². The zero-order chi connectivity index (χ0) is 10.9. The molecule has 14 heavy (non-hydrogen) atoms. The van der Waals surface area contributed by atoms with Crippen LogP contribution >= 0.6 is 23.2 Å². The summed E-state index contributed by atoms with van der Waals surface area (Å²) < 4.78 is 5.65. The van der Waals surface area contributed by atoms with Crippen molar-refractivity contribution in [3.63, 3.8) is 0 Å². The van der Waals surface area contributed by atoms with Gasteiger partial charge in [0.1, 0.15) is 11.4 Å². The van der Waals surface area contributed by atoms with E-state index in [1.165, 1.54) is 0 Å². The lowest BCUT2D eigenvalue weighted by molar-refractivity contribution is 0.131. The molecule has 0 spiro atoms. The number of hydrogen-bond donors (Lipinski definition) is 0. The Balaban J connectivity index is 3.02. The molecule has 0 aliphatic rings. The fourth-order valence-electron chi connectivity index (χ4n) is 1.03. The predicted molar refractivity (Wildman–Crippen MR) is 61.6 cm³/mol. The Bertz CT molecular complexity index is 317. The van der Waals surface area contributed by atoms with Crippen molar-refractivity contribution in [1.82, 2.24) is 0 Å². The zero-order valence-electron chi connectivity index (χ0n) is 8.82. The van der Waals surface area contributed by atoms with E-state index in [0.717, 1.165) is 5.56 Å². The van der Waals surface area contributed by atoms with Gasteiger partial charge in [-0.3, -0.25) is 0 Å². The second kappa shape index (κ2) is 4.00. The summed E-state index contributed by atoms with van der Waals surface area (Å²) in [7, 11) is 0. The average molecular weight is 233 g/mol. The summed E-state index contributed by atoms with van der Waals surface area (Å²) in [5.41, 5.74) is 0.650. The van der Waals surface area contributed by atoms with E-state index in [2.05, 4.69) is 0 Å². The lowest BCUT2D eigenvalue weighted by atomic mass is 10.2. The number of ether oxygens (including phenoxy) is 1. The average Bonchev–Trinajstić information content (AvgIpc) is 1.96.